The zero-order valence-electron chi connectivity index (χ0n) is 32.5. The lowest BCUT2D eigenvalue weighted by Gasteiger charge is -2.22. The number of aliphatic hydroxyl groups is 2. The lowest BCUT2D eigenvalue weighted by Crippen LogP contribution is -2.31. The van der Waals surface area contributed by atoms with Crippen LogP contribution in [0.3, 0.4) is 0 Å². The largest absolute Gasteiger partial charge is 0.388 e. The normalized spacial score (nSPS) is 20.7. The summed E-state index contributed by atoms with van der Waals surface area (Å²) in [5.74, 6) is 4.11. The molecule has 2 fully saturated rings. The van der Waals surface area contributed by atoms with Gasteiger partial charge in [0.2, 0.25) is 11.3 Å². The van der Waals surface area contributed by atoms with Crippen LogP contribution in [0, 0.1) is 0 Å². The highest BCUT2D eigenvalue weighted by Gasteiger charge is 2.36. The summed E-state index contributed by atoms with van der Waals surface area (Å²) in [5, 5.41) is 61.9. The van der Waals surface area contributed by atoms with Crippen molar-refractivity contribution in [3.05, 3.63) is 23.3 Å². The summed E-state index contributed by atoms with van der Waals surface area (Å²) < 4.78 is 3.16. The number of tetrazole rings is 2. The Morgan fingerprint density at radius 3 is 1.28 bits per heavy atom. The van der Waals surface area contributed by atoms with E-state index in [0.29, 0.717) is 109 Å². The van der Waals surface area contributed by atoms with E-state index >= 15 is 0 Å². The fourth-order valence-corrected chi connectivity index (χ4v) is 6.20. The maximum atomic E-state index is 10.4. The molecule has 0 amide bonds. The van der Waals surface area contributed by atoms with Crippen molar-refractivity contribution < 1.29 is 10.2 Å². The number of rotatable bonds is 6. The minimum atomic E-state index is -0.737. The Hall–Kier alpha value is -5.38. The monoisotopic (exact) mass is 744 g/mol. The minimum Gasteiger partial charge on any atom is -0.388 e. The Morgan fingerprint density at radius 1 is 0.593 bits per heavy atom. The molecule has 22 heteroatoms. The molecule has 0 aromatic carbocycles. The van der Waals surface area contributed by atoms with Crippen LogP contribution < -0.4 is 9.80 Å². The molecule has 2 aliphatic rings. The van der Waals surface area contributed by atoms with E-state index in [4.69, 9.17) is 9.97 Å². The highest BCUT2D eigenvalue weighted by Crippen LogP contribution is 2.33. The molecule has 2 atom stereocenters. The molecule has 2 saturated heterocycles. The second-order valence-electron chi connectivity index (χ2n) is 16.8. The molecule has 8 rings (SSSR count). The molecular weight excluding hydrogens is 696 g/mol. The number of β-amino-alcohol motifs (C(OH)–C–C–N with tert-alkyl or cyclic N) is 2. The van der Waals surface area contributed by atoms with E-state index in [9.17, 15) is 10.2 Å². The van der Waals surface area contributed by atoms with Crippen molar-refractivity contribution >= 4 is 34.0 Å². The molecule has 0 radical (unpaired) electrons. The van der Waals surface area contributed by atoms with E-state index in [0.717, 1.165) is 0 Å². The molecule has 0 aliphatic carbocycles. The minimum absolute atomic E-state index is 0.234. The van der Waals surface area contributed by atoms with Crippen molar-refractivity contribution in [2.45, 2.75) is 103 Å². The molecule has 8 heterocycles. The van der Waals surface area contributed by atoms with Crippen molar-refractivity contribution in [2.24, 2.45) is 14.1 Å². The summed E-state index contributed by atoms with van der Waals surface area (Å²) in [4.78, 5) is 26.0. The van der Waals surface area contributed by atoms with Gasteiger partial charge in [-0.2, -0.15) is 9.59 Å². The van der Waals surface area contributed by atoms with Gasteiger partial charge in [-0.15, -0.1) is 30.6 Å². The van der Waals surface area contributed by atoms with Gasteiger partial charge in [0.25, 0.3) is 0 Å². The van der Waals surface area contributed by atoms with Crippen LogP contribution in [0.4, 0.5) is 11.6 Å². The first-order valence-corrected chi connectivity index (χ1v) is 17.9. The van der Waals surface area contributed by atoms with E-state index in [-0.39, 0.29) is 10.8 Å². The Morgan fingerprint density at radius 2 is 0.981 bits per heavy atom. The molecule has 2 N–H and O–H groups in total. The second kappa shape index (κ2) is 13.2. The van der Waals surface area contributed by atoms with Crippen molar-refractivity contribution in [1.29, 1.82) is 0 Å². The third-order valence-electron chi connectivity index (χ3n) is 9.37. The average Bonchev–Trinajstić information content (AvgIpc) is 3.93. The summed E-state index contributed by atoms with van der Waals surface area (Å²) in [6, 6.07) is 0. The molecule has 0 spiro atoms. The van der Waals surface area contributed by atoms with Crippen LogP contribution in [-0.2, 0) is 38.0 Å². The van der Waals surface area contributed by atoms with E-state index in [1.165, 1.54) is 9.59 Å². The van der Waals surface area contributed by atoms with Gasteiger partial charge in [0.15, 0.2) is 34.3 Å². The Kier molecular flexibility index (Phi) is 9.02. The van der Waals surface area contributed by atoms with Crippen LogP contribution in [0.15, 0.2) is 0 Å². The van der Waals surface area contributed by atoms with E-state index in [1.54, 1.807) is 23.5 Å². The fourth-order valence-electron chi connectivity index (χ4n) is 6.20. The smallest absolute Gasteiger partial charge is 0.207 e. The maximum Gasteiger partial charge on any atom is 0.207 e. The third kappa shape index (κ3) is 7.65. The molecule has 288 valence electrons. The number of aryl methyl sites for hydroxylation is 2. The molecule has 2 aliphatic heterocycles. The van der Waals surface area contributed by atoms with Gasteiger partial charge in [-0.3, -0.25) is 0 Å². The zero-order valence-corrected chi connectivity index (χ0v) is 32.5. The van der Waals surface area contributed by atoms with Crippen molar-refractivity contribution in [3.8, 4) is 0 Å². The highest BCUT2D eigenvalue weighted by molar-refractivity contribution is 5.83. The molecule has 6 aromatic rings. The van der Waals surface area contributed by atoms with E-state index in [2.05, 4.69) is 113 Å². The SMILES string of the molecule is Cn1nnnc1Cn1nc2nc(C(C)(C)C)nc(N3CC[C@@](C)(O)C3)c2n1.Cn1nnnc1Cn1nc2nc(C(C)(C)C)nc(N3CC[C@](C)(O)C3)c2n1. The molecule has 0 bridgehead atoms. The topological polar surface area (TPSA) is 247 Å². The van der Waals surface area contributed by atoms with Gasteiger partial charge in [0.05, 0.1) is 11.2 Å². The van der Waals surface area contributed by atoms with Crippen LogP contribution in [0.25, 0.3) is 22.3 Å². The summed E-state index contributed by atoms with van der Waals surface area (Å²) in [7, 11) is 3.54. The van der Waals surface area contributed by atoms with Gasteiger partial charge >= 0.3 is 0 Å². The molecule has 54 heavy (non-hydrogen) atoms. The summed E-state index contributed by atoms with van der Waals surface area (Å²) in [6.07, 6.45) is 1.37. The van der Waals surface area contributed by atoms with Crippen molar-refractivity contribution in [2.75, 3.05) is 36.0 Å². The molecule has 0 saturated carbocycles. The lowest BCUT2D eigenvalue weighted by atomic mass is 9.95. The number of hydrogen-bond acceptors (Lipinski definition) is 18. The first-order chi connectivity index (χ1) is 25.2. The summed E-state index contributed by atoms with van der Waals surface area (Å²) in [6.45, 7) is 19.2. The van der Waals surface area contributed by atoms with Gasteiger partial charge in [-0.1, -0.05) is 41.5 Å². The zero-order chi connectivity index (χ0) is 38.8. The molecule has 22 nitrogen and oxygen atoms in total. The van der Waals surface area contributed by atoms with Crippen molar-refractivity contribution in [1.82, 2.24) is 90.3 Å². The average molecular weight is 745 g/mol. The number of fused-ring (bicyclic) bond motifs is 2. The maximum absolute atomic E-state index is 10.4. The summed E-state index contributed by atoms with van der Waals surface area (Å²) in [5.41, 5.74) is 0.369. The Balaban J connectivity index is 0.000000167. The lowest BCUT2D eigenvalue weighted by molar-refractivity contribution is 0.0833. The predicted molar refractivity (Wildman–Crippen MR) is 194 cm³/mol. The number of nitrogens with zero attached hydrogens (tertiary/aromatic N) is 20. The van der Waals surface area contributed by atoms with E-state index < -0.39 is 11.2 Å². The first kappa shape index (κ1) is 37.0. The summed E-state index contributed by atoms with van der Waals surface area (Å²) >= 11 is 0. The predicted octanol–water partition coefficient (Wildman–Crippen LogP) is 0.103. The molecular formula is C32H48N20O2. The van der Waals surface area contributed by atoms with Crippen LogP contribution in [0.2, 0.25) is 0 Å². The number of aromatic nitrogens is 18. The highest BCUT2D eigenvalue weighted by atomic mass is 16.3. The third-order valence-corrected chi connectivity index (χ3v) is 9.37. The molecule has 6 aromatic heterocycles. The van der Waals surface area contributed by atoms with Gasteiger partial charge in [-0.25, -0.2) is 29.3 Å². The van der Waals surface area contributed by atoms with Gasteiger partial charge < -0.3 is 20.0 Å². The Bertz CT molecular complexity index is 2130. The second-order valence-corrected chi connectivity index (χ2v) is 16.8. The first-order valence-electron chi connectivity index (χ1n) is 17.9. The quantitative estimate of drug-likeness (QED) is 0.230. The number of anilines is 2. The van der Waals surface area contributed by atoms with Crippen LogP contribution in [0.1, 0.15) is 91.5 Å². The standard InChI is InChI=1S/2C16H24N10O/c2*1-15(2,3)14-17-12-11(13(18-14)25-7-6-16(4,27)9-25)20-26(21-12)8-10-19-22-23-24(10)5/h2*27H,6-9H2,1-5H3/t2*16-/m10/s1. The van der Waals surface area contributed by atoms with E-state index in [1.807, 2.05) is 13.8 Å². The number of hydrogen-bond donors (Lipinski definition) is 2. The van der Waals surface area contributed by atoms with Crippen LogP contribution in [0.5, 0.6) is 0 Å². The van der Waals surface area contributed by atoms with Crippen LogP contribution in [-0.4, -0.2) is 138 Å². The molecule has 0 unspecified atom stereocenters. The van der Waals surface area contributed by atoms with Gasteiger partial charge in [-0.05, 0) is 47.5 Å². The fraction of sp³-hybridized carbons (Fsp3) is 0.688. The van der Waals surface area contributed by atoms with Crippen LogP contribution >= 0.6 is 0 Å². The van der Waals surface area contributed by atoms with Crippen molar-refractivity contribution in [3.63, 3.8) is 0 Å². The van der Waals surface area contributed by atoms with Gasteiger partial charge in [0.1, 0.15) is 24.7 Å². The van der Waals surface area contributed by atoms with Gasteiger partial charge in [0, 0.05) is 51.1 Å². The Labute approximate surface area is 311 Å².